The topological polar surface area (TPSA) is 84.4 Å². The lowest BCUT2D eigenvalue weighted by molar-refractivity contribution is -0.132. The van der Waals surface area contributed by atoms with Crippen molar-refractivity contribution in [2.75, 3.05) is 26.8 Å². The standard InChI is InChI=1S/C21H23N3O4/c1-28-14-13-23(12-11-16-7-3-2-4-8-16)19(25)15-24-21(27)18-10-6-5-9-17(18)20(26)22-24/h2-10H,11-15H2,1H3,(H,22,26). The number of carbonyl (C=O) groups is 1. The SMILES string of the molecule is COCCN(CCc1ccccc1)C(=O)Cn1[nH]c(=O)c2ccccc2c1=O. The molecule has 0 spiro atoms. The van der Waals surface area contributed by atoms with Crippen LogP contribution in [0.2, 0.25) is 0 Å². The van der Waals surface area contributed by atoms with Crippen molar-refractivity contribution in [3.8, 4) is 0 Å². The molecule has 7 nitrogen and oxygen atoms in total. The molecule has 7 heteroatoms. The number of carbonyl (C=O) groups excluding carboxylic acids is 1. The number of ether oxygens (including phenoxy) is 1. The zero-order valence-corrected chi connectivity index (χ0v) is 15.8. The third kappa shape index (κ3) is 4.55. The second-order valence-electron chi connectivity index (χ2n) is 6.49. The number of hydrogen-bond donors (Lipinski definition) is 1. The maximum Gasteiger partial charge on any atom is 0.273 e. The molecule has 0 bridgehead atoms. The number of nitrogens with zero attached hydrogens (tertiary/aromatic N) is 2. The fourth-order valence-corrected chi connectivity index (χ4v) is 3.06. The predicted octanol–water partition coefficient (Wildman–Crippen LogP) is 1.41. The van der Waals surface area contributed by atoms with E-state index >= 15 is 0 Å². The molecule has 0 fully saturated rings. The summed E-state index contributed by atoms with van der Waals surface area (Å²) in [7, 11) is 1.57. The third-order valence-corrected chi connectivity index (χ3v) is 4.61. The molecule has 0 unspecified atom stereocenters. The Morgan fingerprint density at radius 3 is 2.39 bits per heavy atom. The molecule has 0 atom stereocenters. The van der Waals surface area contributed by atoms with Gasteiger partial charge in [0.2, 0.25) is 5.91 Å². The number of methoxy groups -OCH3 is 1. The maximum atomic E-state index is 12.8. The molecule has 3 rings (SSSR count). The summed E-state index contributed by atoms with van der Waals surface area (Å²) >= 11 is 0. The predicted molar refractivity (Wildman–Crippen MR) is 107 cm³/mol. The minimum absolute atomic E-state index is 0.225. The zero-order chi connectivity index (χ0) is 19.9. The van der Waals surface area contributed by atoms with Gasteiger partial charge in [-0.3, -0.25) is 19.5 Å². The van der Waals surface area contributed by atoms with Crippen LogP contribution in [0.3, 0.4) is 0 Å². The Bertz CT molecular complexity index is 1060. The highest BCUT2D eigenvalue weighted by atomic mass is 16.5. The molecule has 2 aromatic carbocycles. The van der Waals surface area contributed by atoms with Gasteiger partial charge in [-0.05, 0) is 24.1 Å². The Balaban J connectivity index is 1.79. The number of aromatic nitrogens is 2. The number of hydrogen-bond acceptors (Lipinski definition) is 4. The minimum atomic E-state index is -0.393. The van der Waals surface area contributed by atoms with E-state index in [0.29, 0.717) is 36.9 Å². The van der Waals surface area contributed by atoms with Gasteiger partial charge in [0.25, 0.3) is 11.1 Å². The molecule has 0 saturated carbocycles. The van der Waals surface area contributed by atoms with Gasteiger partial charge in [-0.1, -0.05) is 42.5 Å². The van der Waals surface area contributed by atoms with Crippen LogP contribution in [-0.2, 0) is 22.5 Å². The highest BCUT2D eigenvalue weighted by molar-refractivity contribution is 5.81. The van der Waals surface area contributed by atoms with Crippen molar-refractivity contribution in [2.45, 2.75) is 13.0 Å². The summed E-state index contributed by atoms with van der Waals surface area (Å²) in [6.07, 6.45) is 0.694. The van der Waals surface area contributed by atoms with Gasteiger partial charge in [0, 0.05) is 20.2 Å². The lowest BCUT2D eigenvalue weighted by Crippen LogP contribution is -2.41. The van der Waals surface area contributed by atoms with E-state index in [2.05, 4.69) is 5.10 Å². The van der Waals surface area contributed by atoms with Crippen LogP contribution in [0.25, 0.3) is 10.8 Å². The van der Waals surface area contributed by atoms with E-state index in [9.17, 15) is 14.4 Å². The molecular weight excluding hydrogens is 358 g/mol. The van der Waals surface area contributed by atoms with Crippen LogP contribution >= 0.6 is 0 Å². The van der Waals surface area contributed by atoms with E-state index in [-0.39, 0.29) is 12.5 Å². The fourth-order valence-electron chi connectivity index (χ4n) is 3.06. The van der Waals surface area contributed by atoms with Crippen molar-refractivity contribution < 1.29 is 9.53 Å². The van der Waals surface area contributed by atoms with Gasteiger partial charge < -0.3 is 9.64 Å². The molecule has 1 aromatic heterocycles. The molecule has 0 aliphatic rings. The summed E-state index contributed by atoms with van der Waals surface area (Å²) in [5, 5.41) is 3.12. The summed E-state index contributed by atoms with van der Waals surface area (Å²) in [6.45, 7) is 1.08. The molecule has 1 heterocycles. The van der Waals surface area contributed by atoms with Crippen LogP contribution in [0.4, 0.5) is 0 Å². The Kier molecular flexibility index (Phi) is 6.39. The Morgan fingerprint density at radius 2 is 1.68 bits per heavy atom. The maximum absolute atomic E-state index is 12.8. The molecule has 0 radical (unpaired) electrons. The number of rotatable bonds is 8. The number of benzene rings is 2. The van der Waals surface area contributed by atoms with Gasteiger partial charge in [-0.2, -0.15) is 0 Å². The van der Waals surface area contributed by atoms with Gasteiger partial charge >= 0.3 is 0 Å². The highest BCUT2D eigenvalue weighted by Crippen LogP contribution is 2.04. The van der Waals surface area contributed by atoms with Crippen molar-refractivity contribution >= 4 is 16.7 Å². The van der Waals surface area contributed by atoms with Gasteiger partial charge in [0.1, 0.15) is 6.54 Å². The summed E-state index contributed by atoms with van der Waals surface area (Å²) in [4.78, 5) is 39.3. The number of fused-ring (bicyclic) bond motifs is 1. The van der Waals surface area contributed by atoms with Crippen LogP contribution in [0.1, 0.15) is 5.56 Å². The number of amides is 1. The highest BCUT2D eigenvalue weighted by Gasteiger charge is 2.16. The van der Waals surface area contributed by atoms with E-state index in [1.54, 1.807) is 36.3 Å². The Morgan fingerprint density at radius 1 is 1.00 bits per heavy atom. The second kappa shape index (κ2) is 9.14. The van der Waals surface area contributed by atoms with Crippen molar-refractivity contribution in [3.63, 3.8) is 0 Å². The molecule has 0 aliphatic heterocycles. The monoisotopic (exact) mass is 381 g/mol. The van der Waals surface area contributed by atoms with Crippen LogP contribution in [0.5, 0.6) is 0 Å². The van der Waals surface area contributed by atoms with Gasteiger partial charge in [-0.25, -0.2) is 4.68 Å². The van der Waals surface area contributed by atoms with Crippen LogP contribution < -0.4 is 11.1 Å². The Hall–Kier alpha value is -3.19. The van der Waals surface area contributed by atoms with E-state index in [0.717, 1.165) is 10.2 Å². The smallest absolute Gasteiger partial charge is 0.273 e. The Labute approximate surface area is 162 Å². The fraction of sp³-hybridized carbons (Fsp3) is 0.286. The quantitative estimate of drug-likeness (QED) is 0.639. The van der Waals surface area contributed by atoms with Gasteiger partial charge in [0.15, 0.2) is 0 Å². The molecule has 1 N–H and O–H groups in total. The lowest BCUT2D eigenvalue weighted by atomic mass is 10.1. The first kappa shape index (κ1) is 19.6. The van der Waals surface area contributed by atoms with E-state index in [1.165, 1.54) is 0 Å². The normalized spacial score (nSPS) is 10.9. The first-order valence-electron chi connectivity index (χ1n) is 9.12. The van der Waals surface area contributed by atoms with Gasteiger partial charge in [0.05, 0.1) is 17.4 Å². The summed E-state index contributed by atoms with van der Waals surface area (Å²) in [6, 6.07) is 16.4. The van der Waals surface area contributed by atoms with Crippen molar-refractivity contribution in [2.24, 2.45) is 0 Å². The average Bonchev–Trinajstić information content (AvgIpc) is 2.72. The third-order valence-electron chi connectivity index (χ3n) is 4.61. The van der Waals surface area contributed by atoms with Crippen molar-refractivity contribution in [1.82, 2.24) is 14.7 Å². The van der Waals surface area contributed by atoms with E-state index in [1.807, 2.05) is 30.3 Å². The van der Waals surface area contributed by atoms with Crippen molar-refractivity contribution in [1.29, 1.82) is 0 Å². The van der Waals surface area contributed by atoms with Crippen LogP contribution in [-0.4, -0.2) is 47.4 Å². The summed E-state index contributed by atoms with van der Waals surface area (Å²) in [5.74, 6) is -0.249. The number of nitrogens with one attached hydrogen (secondary N) is 1. The lowest BCUT2D eigenvalue weighted by Gasteiger charge is -2.23. The first-order chi connectivity index (χ1) is 13.6. The molecular formula is C21H23N3O4. The van der Waals surface area contributed by atoms with Crippen LogP contribution in [0.15, 0.2) is 64.2 Å². The van der Waals surface area contributed by atoms with Crippen LogP contribution in [0, 0.1) is 0 Å². The molecule has 0 saturated heterocycles. The summed E-state index contributed by atoms with van der Waals surface area (Å²) < 4.78 is 6.18. The molecule has 28 heavy (non-hydrogen) atoms. The second-order valence-corrected chi connectivity index (χ2v) is 6.49. The zero-order valence-electron chi connectivity index (χ0n) is 15.8. The summed E-state index contributed by atoms with van der Waals surface area (Å²) in [5.41, 5.74) is 0.336. The van der Waals surface area contributed by atoms with E-state index < -0.39 is 11.1 Å². The minimum Gasteiger partial charge on any atom is -0.383 e. The molecule has 146 valence electrons. The number of aromatic amines is 1. The number of H-pyrrole nitrogens is 1. The molecule has 1 amide bonds. The average molecular weight is 381 g/mol. The first-order valence-corrected chi connectivity index (χ1v) is 9.12. The molecule has 0 aliphatic carbocycles. The molecule has 3 aromatic rings. The van der Waals surface area contributed by atoms with E-state index in [4.69, 9.17) is 4.74 Å². The van der Waals surface area contributed by atoms with Crippen molar-refractivity contribution in [3.05, 3.63) is 80.9 Å². The van der Waals surface area contributed by atoms with Gasteiger partial charge in [-0.15, -0.1) is 0 Å². The largest absolute Gasteiger partial charge is 0.383 e.